The van der Waals surface area contributed by atoms with Gasteiger partial charge >= 0.3 is 0 Å². The van der Waals surface area contributed by atoms with Gasteiger partial charge in [-0.3, -0.25) is 4.79 Å². The average molecular weight is 297 g/mol. The number of fused-ring (bicyclic) bond motifs is 1. The van der Waals surface area contributed by atoms with Crippen molar-refractivity contribution in [1.82, 2.24) is 5.32 Å². The second kappa shape index (κ2) is 6.10. The zero-order chi connectivity index (χ0) is 15.5. The number of benzene rings is 2. The number of ether oxygens (including phenoxy) is 1. The lowest BCUT2D eigenvalue weighted by Gasteiger charge is -2.25. The number of methoxy groups -OCH3 is 1. The van der Waals surface area contributed by atoms with E-state index >= 15 is 0 Å². The maximum absolute atomic E-state index is 12.4. The van der Waals surface area contributed by atoms with Gasteiger partial charge in [-0.15, -0.1) is 0 Å². The lowest BCUT2D eigenvalue weighted by atomic mass is 9.88. The summed E-state index contributed by atoms with van der Waals surface area (Å²) in [5, 5.41) is 12.7. The van der Waals surface area contributed by atoms with E-state index in [0.717, 1.165) is 19.3 Å². The molecule has 2 aromatic rings. The van der Waals surface area contributed by atoms with E-state index < -0.39 is 0 Å². The highest BCUT2D eigenvalue weighted by Crippen LogP contribution is 2.26. The predicted octanol–water partition coefficient (Wildman–Crippen LogP) is 2.69. The molecule has 3 rings (SSSR count). The molecule has 1 aliphatic rings. The summed E-state index contributed by atoms with van der Waals surface area (Å²) in [5.74, 6) is 0.204. The van der Waals surface area contributed by atoms with Crippen LogP contribution in [0.3, 0.4) is 0 Å². The highest BCUT2D eigenvalue weighted by Gasteiger charge is 2.20. The quantitative estimate of drug-likeness (QED) is 0.915. The molecule has 0 saturated carbocycles. The molecular weight excluding hydrogens is 278 g/mol. The van der Waals surface area contributed by atoms with Crippen LogP contribution in [0.15, 0.2) is 42.5 Å². The fraction of sp³-hybridized carbons (Fsp3) is 0.278. The Labute approximate surface area is 129 Å². The smallest absolute Gasteiger partial charge is 0.251 e. The van der Waals surface area contributed by atoms with Crippen molar-refractivity contribution in [3.8, 4) is 11.5 Å². The summed E-state index contributed by atoms with van der Waals surface area (Å²) in [6, 6.07) is 13.1. The van der Waals surface area contributed by atoms with Gasteiger partial charge in [0, 0.05) is 11.6 Å². The third-order valence-electron chi connectivity index (χ3n) is 4.12. The number of phenolic OH excluding ortho intramolecular Hbond substituents is 1. The average Bonchev–Trinajstić information content (AvgIpc) is 2.55. The van der Waals surface area contributed by atoms with Crippen molar-refractivity contribution in [2.45, 2.75) is 25.3 Å². The molecule has 0 heterocycles. The van der Waals surface area contributed by atoms with Gasteiger partial charge in [-0.1, -0.05) is 24.3 Å². The van der Waals surface area contributed by atoms with E-state index in [1.54, 1.807) is 12.1 Å². The van der Waals surface area contributed by atoms with E-state index in [2.05, 4.69) is 23.5 Å². The first kappa shape index (κ1) is 14.4. The Balaban J connectivity index is 1.70. The number of hydrogen-bond donors (Lipinski definition) is 2. The highest BCUT2D eigenvalue weighted by molar-refractivity contribution is 5.95. The third-order valence-corrected chi connectivity index (χ3v) is 4.12. The molecule has 4 heteroatoms. The minimum atomic E-state index is -0.136. The monoisotopic (exact) mass is 297 g/mol. The molecule has 0 bridgehead atoms. The van der Waals surface area contributed by atoms with Crippen LogP contribution in [0.25, 0.3) is 0 Å². The molecule has 0 spiro atoms. The van der Waals surface area contributed by atoms with Gasteiger partial charge in [0.2, 0.25) is 0 Å². The topological polar surface area (TPSA) is 58.6 Å². The molecule has 0 aromatic heterocycles. The van der Waals surface area contributed by atoms with Gasteiger partial charge in [0.1, 0.15) is 0 Å². The van der Waals surface area contributed by atoms with E-state index in [1.165, 1.54) is 24.3 Å². The number of nitrogens with one attached hydrogen (secondary N) is 1. The molecule has 4 nitrogen and oxygen atoms in total. The third kappa shape index (κ3) is 2.91. The van der Waals surface area contributed by atoms with Crippen molar-refractivity contribution in [3.05, 3.63) is 59.2 Å². The second-order valence-electron chi connectivity index (χ2n) is 5.57. The molecule has 22 heavy (non-hydrogen) atoms. The molecule has 0 fully saturated rings. The first-order valence-electron chi connectivity index (χ1n) is 7.42. The number of amides is 1. The number of rotatable bonds is 3. The molecule has 1 amide bonds. The summed E-state index contributed by atoms with van der Waals surface area (Å²) < 4.78 is 5.04. The van der Waals surface area contributed by atoms with Crippen molar-refractivity contribution in [1.29, 1.82) is 0 Å². The molecule has 0 saturated heterocycles. The Morgan fingerprint density at radius 2 is 2.00 bits per heavy atom. The van der Waals surface area contributed by atoms with E-state index in [-0.39, 0.29) is 17.7 Å². The van der Waals surface area contributed by atoms with Gasteiger partial charge in [0.15, 0.2) is 11.5 Å². The molecule has 1 aliphatic carbocycles. The zero-order valence-corrected chi connectivity index (χ0v) is 12.5. The Bertz CT molecular complexity index is 696. The van der Waals surface area contributed by atoms with Gasteiger partial charge < -0.3 is 15.2 Å². The van der Waals surface area contributed by atoms with Gasteiger partial charge in [0.05, 0.1) is 7.11 Å². The number of aryl methyl sites for hydroxylation is 1. The van der Waals surface area contributed by atoms with Gasteiger partial charge in [-0.25, -0.2) is 0 Å². The second-order valence-corrected chi connectivity index (χ2v) is 5.57. The van der Waals surface area contributed by atoms with Gasteiger partial charge in [-0.05, 0) is 48.6 Å². The van der Waals surface area contributed by atoms with E-state index in [1.807, 2.05) is 6.07 Å². The minimum Gasteiger partial charge on any atom is -0.504 e. The van der Waals surface area contributed by atoms with Crippen molar-refractivity contribution >= 4 is 5.91 Å². The normalized spacial score (nSPS) is 16.7. The maximum atomic E-state index is 12.4. The minimum absolute atomic E-state index is 0.0330. The lowest BCUT2D eigenvalue weighted by Crippen LogP contribution is -2.38. The van der Waals surface area contributed by atoms with E-state index in [9.17, 15) is 9.90 Å². The lowest BCUT2D eigenvalue weighted by molar-refractivity contribution is 0.0933. The first-order chi connectivity index (χ1) is 10.7. The van der Waals surface area contributed by atoms with Crippen LogP contribution in [-0.2, 0) is 12.8 Å². The highest BCUT2D eigenvalue weighted by atomic mass is 16.5. The summed E-state index contributed by atoms with van der Waals surface area (Å²) in [4.78, 5) is 12.4. The number of aromatic hydroxyl groups is 1. The number of hydrogen-bond acceptors (Lipinski definition) is 3. The van der Waals surface area contributed by atoms with Gasteiger partial charge in [-0.2, -0.15) is 0 Å². The first-order valence-corrected chi connectivity index (χ1v) is 7.42. The van der Waals surface area contributed by atoms with Crippen LogP contribution in [-0.4, -0.2) is 24.2 Å². The summed E-state index contributed by atoms with van der Waals surface area (Å²) in [5.41, 5.74) is 3.18. The van der Waals surface area contributed by atoms with E-state index in [4.69, 9.17) is 4.74 Å². The fourth-order valence-corrected chi connectivity index (χ4v) is 2.91. The molecule has 2 N–H and O–H groups in total. The maximum Gasteiger partial charge on any atom is 0.251 e. The van der Waals surface area contributed by atoms with Crippen molar-refractivity contribution in [2.24, 2.45) is 0 Å². The van der Waals surface area contributed by atoms with Crippen LogP contribution in [0.4, 0.5) is 0 Å². The van der Waals surface area contributed by atoms with E-state index in [0.29, 0.717) is 11.3 Å². The van der Waals surface area contributed by atoms with Crippen LogP contribution in [0.5, 0.6) is 11.5 Å². The molecule has 1 unspecified atom stereocenters. The largest absolute Gasteiger partial charge is 0.504 e. The number of carbonyl (C=O) groups excluding carboxylic acids is 1. The zero-order valence-electron chi connectivity index (χ0n) is 12.5. The fourth-order valence-electron chi connectivity index (χ4n) is 2.91. The predicted molar refractivity (Wildman–Crippen MR) is 84.4 cm³/mol. The Hall–Kier alpha value is -2.49. The Kier molecular flexibility index (Phi) is 4.00. The summed E-state index contributed by atoms with van der Waals surface area (Å²) in [6.45, 7) is 0. The summed E-state index contributed by atoms with van der Waals surface area (Å²) in [7, 11) is 1.47. The molecule has 2 aromatic carbocycles. The summed E-state index contributed by atoms with van der Waals surface area (Å²) >= 11 is 0. The van der Waals surface area contributed by atoms with Crippen LogP contribution < -0.4 is 10.1 Å². The molecule has 0 radical (unpaired) electrons. The molecule has 1 atom stereocenters. The number of carbonyl (C=O) groups is 1. The SMILES string of the molecule is COc1cc(C(=O)NC2CCc3ccccc3C2)ccc1O. The van der Waals surface area contributed by atoms with Crippen molar-refractivity contribution < 1.29 is 14.6 Å². The molecule has 0 aliphatic heterocycles. The van der Waals surface area contributed by atoms with Crippen LogP contribution >= 0.6 is 0 Å². The van der Waals surface area contributed by atoms with Crippen LogP contribution in [0.1, 0.15) is 27.9 Å². The Morgan fingerprint density at radius 3 is 2.77 bits per heavy atom. The van der Waals surface area contributed by atoms with Gasteiger partial charge in [0.25, 0.3) is 5.91 Å². The molecular formula is C18H19NO3. The standard InChI is InChI=1S/C18H19NO3/c1-22-17-11-14(7-9-16(17)20)18(21)19-15-8-6-12-4-2-3-5-13(12)10-15/h2-5,7,9,11,15,20H,6,8,10H2,1H3,(H,19,21). The van der Waals surface area contributed by atoms with Crippen LogP contribution in [0.2, 0.25) is 0 Å². The van der Waals surface area contributed by atoms with Crippen LogP contribution in [0, 0.1) is 0 Å². The van der Waals surface area contributed by atoms with Crippen molar-refractivity contribution in [3.63, 3.8) is 0 Å². The van der Waals surface area contributed by atoms with Crippen molar-refractivity contribution in [2.75, 3.05) is 7.11 Å². The Morgan fingerprint density at radius 1 is 1.23 bits per heavy atom. The number of phenols is 1. The molecule has 114 valence electrons. The summed E-state index contributed by atoms with van der Waals surface area (Å²) in [6.07, 6.45) is 2.79.